The zero-order valence-corrected chi connectivity index (χ0v) is 10.8. The van der Waals surface area contributed by atoms with Crippen LogP contribution in [-0.4, -0.2) is 53.8 Å². The lowest BCUT2D eigenvalue weighted by molar-refractivity contribution is -0.139. The summed E-state index contributed by atoms with van der Waals surface area (Å²) in [4.78, 5) is 26.7. The van der Waals surface area contributed by atoms with Crippen molar-refractivity contribution in [1.82, 2.24) is 9.80 Å². The Morgan fingerprint density at radius 3 is 2.18 bits per heavy atom. The molecule has 5 nitrogen and oxygen atoms in total. The summed E-state index contributed by atoms with van der Waals surface area (Å²) in [6.45, 7) is 6.12. The second-order valence-corrected chi connectivity index (χ2v) is 4.58. The summed E-state index contributed by atoms with van der Waals surface area (Å²) in [5.74, 6) is 0.106. The first kappa shape index (κ1) is 14.0. The quantitative estimate of drug-likeness (QED) is 0.764. The maximum atomic E-state index is 12.0. The molecule has 0 bridgehead atoms. The smallest absolute Gasteiger partial charge is 0.239 e. The molecule has 5 heteroatoms. The topological polar surface area (TPSA) is 66.6 Å². The minimum atomic E-state index is -0.376. The zero-order valence-electron chi connectivity index (χ0n) is 10.8. The fraction of sp³-hybridized carbons (Fsp3) is 0.833. The third kappa shape index (κ3) is 4.00. The van der Waals surface area contributed by atoms with Crippen LogP contribution in [0.15, 0.2) is 0 Å². The van der Waals surface area contributed by atoms with E-state index >= 15 is 0 Å². The Balaban J connectivity index is 2.37. The predicted molar refractivity (Wildman–Crippen MR) is 66.3 cm³/mol. The number of hydrogen-bond donors (Lipinski definition) is 1. The van der Waals surface area contributed by atoms with Crippen LogP contribution in [0.3, 0.4) is 0 Å². The predicted octanol–water partition coefficient (Wildman–Crippen LogP) is 0.195. The highest BCUT2D eigenvalue weighted by Crippen LogP contribution is 2.07. The molecule has 0 spiro atoms. The molecule has 2 N–H and O–H groups in total. The summed E-state index contributed by atoms with van der Waals surface area (Å²) >= 11 is 0. The van der Waals surface area contributed by atoms with Gasteiger partial charge in [0.1, 0.15) is 0 Å². The van der Waals surface area contributed by atoms with E-state index in [4.69, 9.17) is 5.73 Å². The van der Waals surface area contributed by atoms with E-state index in [2.05, 4.69) is 6.92 Å². The summed E-state index contributed by atoms with van der Waals surface area (Å²) < 4.78 is 0. The highest BCUT2D eigenvalue weighted by atomic mass is 16.2. The van der Waals surface area contributed by atoms with Gasteiger partial charge in [-0.3, -0.25) is 9.59 Å². The van der Waals surface area contributed by atoms with Crippen molar-refractivity contribution in [3.63, 3.8) is 0 Å². The average Bonchev–Trinajstić information content (AvgIpc) is 2.35. The van der Waals surface area contributed by atoms with E-state index < -0.39 is 0 Å². The molecule has 0 saturated carbocycles. The van der Waals surface area contributed by atoms with E-state index in [1.165, 1.54) is 0 Å². The van der Waals surface area contributed by atoms with E-state index in [1.54, 1.807) is 16.7 Å². The first-order valence-electron chi connectivity index (χ1n) is 6.36. The van der Waals surface area contributed by atoms with E-state index in [1.807, 2.05) is 0 Å². The lowest BCUT2D eigenvalue weighted by Crippen LogP contribution is -2.54. The summed E-state index contributed by atoms with van der Waals surface area (Å²) in [5.41, 5.74) is 5.86. The Morgan fingerprint density at radius 2 is 1.71 bits per heavy atom. The molecule has 0 aromatic carbocycles. The van der Waals surface area contributed by atoms with Crippen LogP contribution in [0.5, 0.6) is 0 Å². The standard InChI is InChI=1S/C12H23N3O2/c1-3-4-5-11(13)12(17)15-8-6-14(7-9-15)10(2)16/h11H,3-9,13H2,1-2H3. The molecule has 98 valence electrons. The van der Waals surface area contributed by atoms with Crippen LogP contribution >= 0.6 is 0 Å². The van der Waals surface area contributed by atoms with Gasteiger partial charge in [0.25, 0.3) is 0 Å². The van der Waals surface area contributed by atoms with Crippen molar-refractivity contribution >= 4 is 11.8 Å². The maximum absolute atomic E-state index is 12.0. The van der Waals surface area contributed by atoms with Gasteiger partial charge in [-0.15, -0.1) is 0 Å². The van der Waals surface area contributed by atoms with Crippen molar-refractivity contribution < 1.29 is 9.59 Å². The minimum Gasteiger partial charge on any atom is -0.339 e. The molecule has 1 unspecified atom stereocenters. The van der Waals surface area contributed by atoms with Gasteiger partial charge in [0.15, 0.2) is 0 Å². The first-order valence-corrected chi connectivity index (χ1v) is 6.36. The van der Waals surface area contributed by atoms with Crippen molar-refractivity contribution in [1.29, 1.82) is 0 Å². The van der Waals surface area contributed by atoms with E-state index in [-0.39, 0.29) is 17.9 Å². The molecule has 2 amide bonds. The number of unbranched alkanes of at least 4 members (excludes halogenated alkanes) is 1. The maximum Gasteiger partial charge on any atom is 0.239 e. The van der Waals surface area contributed by atoms with Crippen LogP contribution in [0.4, 0.5) is 0 Å². The molecule has 1 atom stereocenters. The largest absolute Gasteiger partial charge is 0.339 e. The molecule has 0 aromatic heterocycles. The number of carbonyl (C=O) groups excluding carboxylic acids is 2. The van der Waals surface area contributed by atoms with Crippen LogP contribution in [0.1, 0.15) is 33.1 Å². The van der Waals surface area contributed by atoms with Gasteiger partial charge in [-0.05, 0) is 6.42 Å². The molecule has 1 rings (SSSR count). The van der Waals surface area contributed by atoms with Crippen molar-refractivity contribution in [2.24, 2.45) is 5.73 Å². The molecule has 1 aliphatic heterocycles. The fourth-order valence-electron chi connectivity index (χ4n) is 2.02. The summed E-state index contributed by atoms with van der Waals surface area (Å²) in [7, 11) is 0. The number of nitrogens with zero attached hydrogens (tertiary/aromatic N) is 2. The van der Waals surface area contributed by atoms with E-state index in [9.17, 15) is 9.59 Å². The molecular weight excluding hydrogens is 218 g/mol. The number of amides is 2. The van der Waals surface area contributed by atoms with Crippen LogP contribution in [-0.2, 0) is 9.59 Å². The SMILES string of the molecule is CCCCC(N)C(=O)N1CCN(C(C)=O)CC1. The number of rotatable bonds is 4. The normalized spacial score (nSPS) is 18.1. The molecule has 0 radical (unpaired) electrons. The van der Waals surface area contributed by atoms with Crippen molar-refractivity contribution in [2.75, 3.05) is 26.2 Å². The zero-order chi connectivity index (χ0) is 12.8. The van der Waals surface area contributed by atoms with Gasteiger partial charge in [0.2, 0.25) is 11.8 Å². The summed E-state index contributed by atoms with van der Waals surface area (Å²) in [5, 5.41) is 0. The van der Waals surface area contributed by atoms with Gasteiger partial charge < -0.3 is 15.5 Å². The van der Waals surface area contributed by atoms with Gasteiger partial charge in [-0.1, -0.05) is 19.8 Å². The molecule has 1 saturated heterocycles. The summed E-state index contributed by atoms with van der Waals surface area (Å²) in [6, 6.07) is -0.376. The van der Waals surface area contributed by atoms with Gasteiger partial charge >= 0.3 is 0 Å². The van der Waals surface area contributed by atoms with Gasteiger partial charge in [-0.2, -0.15) is 0 Å². The van der Waals surface area contributed by atoms with Crippen LogP contribution in [0.2, 0.25) is 0 Å². The second kappa shape index (κ2) is 6.59. The molecule has 1 fully saturated rings. The molecule has 0 aliphatic carbocycles. The highest BCUT2D eigenvalue weighted by molar-refractivity contribution is 5.82. The van der Waals surface area contributed by atoms with E-state index in [0.29, 0.717) is 26.2 Å². The van der Waals surface area contributed by atoms with Crippen molar-refractivity contribution in [3.8, 4) is 0 Å². The average molecular weight is 241 g/mol. The molecule has 1 aliphatic rings. The summed E-state index contributed by atoms with van der Waals surface area (Å²) in [6.07, 6.45) is 2.79. The van der Waals surface area contributed by atoms with E-state index in [0.717, 1.165) is 19.3 Å². The van der Waals surface area contributed by atoms with Crippen molar-refractivity contribution in [2.45, 2.75) is 39.2 Å². The lowest BCUT2D eigenvalue weighted by atomic mass is 10.1. The molecule has 0 aromatic rings. The van der Waals surface area contributed by atoms with Gasteiger partial charge in [0, 0.05) is 33.1 Å². The Kier molecular flexibility index (Phi) is 5.41. The highest BCUT2D eigenvalue weighted by Gasteiger charge is 2.25. The minimum absolute atomic E-state index is 0.0293. The Labute approximate surface area is 103 Å². The monoisotopic (exact) mass is 241 g/mol. The number of nitrogens with two attached hydrogens (primary N) is 1. The fourth-order valence-corrected chi connectivity index (χ4v) is 2.02. The third-order valence-corrected chi connectivity index (χ3v) is 3.22. The second-order valence-electron chi connectivity index (χ2n) is 4.58. The van der Waals surface area contributed by atoms with Crippen LogP contribution < -0.4 is 5.73 Å². The number of piperazine rings is 1. The Hall–Kier alpha value is -1.10. The third-order valence-electron chi connectivity index (χ3n) is 3.22. The Morgan fingerprint density at radius 1 is 1.18 bits per heavy atom. The van der Waals surface area contributed by atoms with Gasteiger partial charge in [0.05, 0.1) is 6.04 Å². The lowest BCUT2D eigenvalue weighted by Gasteiger charge is -2.35. The molecule has 1 heterocycles. The number of hydrogen-bond acceptors (Lipinski definition) is 3. The van der Waals surface area contributed by atoms with Crippen molar-refractivity contribution in [3.05, 3.63) is 0 Å². The molecule has 17 heavy (non-hydrogen) atoms. The first-order chi connectivity index (χ1) is 8.06. The molecular formula is C12H23N3O2. The van der Waals surface area contributed by atoms with Crippen LogP contribution in [0, 0.1) is 0 Å². The van der Waals surface area contributed by atoms with Crippen LogP contribution in [0.25, 0.3) is 0 Å². The Bertz CT molecular complexity index is 273. The number of carbonyl (C=O) groups is 2. The van der Waals surface area contributed by atoms with Gasteiger partial charge in [-0.25, -0.2) is 0 Å².